The molecule has 0 fully saturated rings. The summed E-state index contributed by atoms with van der Waals surface area (Å²) in [5, 5.41) is 12.7. The van der Waals surface area contributed by atoms with Crippen LogP contribution >= 0.6 is 11.6 Å². The number of halogens is 2. The molecule has 0 aliphatic heterocycles. The topological polar surface area (TPSA) is 72.2 Å². The van der Waals surface area contributed by atoms with Crippen molar-refractivity contribution in [3.05, 3.63) is 62.8 Å². The normalized spacial score (nSPS) is 10.4. The number of carbonyl (C=O) groups is 1. The van der Waals surface area contributed by atoms with Gasteiger partial charge in [0.25, 0.3) is 5.56 Å². The molecule has 0 saturated carbocycles. The molecule has 0 saturated heterocycles. The number of nitrogens with zero attached hydrogens (tertiary/aromatic N) is 2. The second-order valence-corrected chi connectivity index (χ2v) is 4.16. The highest BCUT2D eigenvalue weighted by Gasteiger charge is 2.09. The van der Waals surface area contributed by atoms with E-state index in [1.807, 2.05) is 0 Å². The highest BCUT2D eigenvalue weighted by Crippen LogP contribution is 2.17. The second kappa shape index (κ2) is 5.19. The zero-order valence-electron chi connectivity index (χ0n) is 9.51. The van der Waals surface area contributed by atoms with Crippen molar-refractivity contribution in [2.45, 2.75) is 6.54 Å². The van der Waals surface area contributed by atoms with Crippen LogP contribution in [0.5, 0.6) is 0 Å². The Kier molecular flexibility index (Phi) is 3.62. The molecule has 0 amide bonds. The van der Waals surface area contributed by atoms with Crippen molar-refractivity contribution in [3.63, 3.8) is 0 Å². The summed E-state index contributed by atoms with van der Waals surface area (Å²) in [6.07, 6.45) is 0. The van der Waals surface area contributed by atoms with Crippen LogP contribution in [0.4, 0.5) is 4.39 Å². The van der Waals surface area contributed by atoms with Gasteiger partial charge >= 0.3 is 5.97 Å². The molecule has 5 nitrogen and oxygen atoms in total. The minimum Gasteiger partial charge on any atom is -0.476 e. The van der Waals surface area contributed by atoms with Gasteiger partial charge in [-0.15, -0.1) is 0 Å². The van der Waals surface area contributed by atoms with Gasteiger partial charge in [0.2, 0.25) is 0 Å². The SMILES string of the molecule is O=C(O)c1ccc(=O)n(Cc2cc(F)ccc2Cl)n1. The van der Waals surface area contributed by atoms with Crippen molar-refractivity contribution < 1.29 is 14.3 Å². The van der Waals surface area contributed by atoms with Crippen molar-refractivity contribution in [2.24, 2.45) is 0 Å². The van der Waals surface area contributed by atoms with E-state index in [4.69, 9.17) is 16.7 Å². The average molecular weight is 283 g/mol. The highest BCUT2D eigenvalue weighted by molar-refractivity contribution is 6.31. The first-order valence-electron chi connectivity index (χ1n) is 5.23. The molecule has 19 heavy (non-hydrogen) atoms. The molecule has 2 aromatic rings. The van der Waals surface area contributed by atoms with Crippen LogP contribution in [-0.4, -0.2) is 20.9 Å². The summed E-state index contributed by atoms with van der Waals surface area (Å²) in [4.78, 5) is 22.3. The first-order valence-corrected chi connectivity index (χ1v) is 5.60. The Balaban J connectivity index is 2.43. The summed E-state index contributed by atoms with van der Waals surface area (Å²) in [6.45, 7) is -0.101. The molecular formula is C12H8ClFN2O3. The first kappa shape index (κ1) is 13.2. The summed E-state index contributed by atoms with van der Waals surface area (Å²) in [5.41, 5.74) is -0.420. The fourth-order valence-corrected chi connectivity index (χ4v) is 1.68. The van der Waals surface area contributed by atoms with Gasteiger partial charge in [-0.05, 0) is 29.8 Å². The van der Waals surface area contributed by atoms with Gasteiger partial charge in [0.05, 0.1) is 6.54 Å². The van der Waals surface area contributed by atoms with Crippen molar-refractivity contribution in [2.75, 3.05) is 0 Å². The van der Waals surface area contributed by atoms with E-state index in [9.17, 15) is 14.0 Å². The number of carboxylic acid groups (broad SMARTS) is 1. The van der Waals surface area contributed by atoms with Crippen LogP contribution in [0.2, 0.25) is 5.02 Å². The van der Waals surface area contributed by atoms with E-state index in [-0.39, 0.29) is 17.3 Å². The fraction of sp³-hybridized carbons (Fsp3) is 0.0833. The summed E-state index contributed by atoms with van der Waals surface area (Å²) in [6, 6.07) is 5.91. The second-order valence-electron chi connectivity index (χ2n) is 3.76. The van der Waals surface area contributed by atoms with Crippen LogP contribution < -0.4 is 5.56 Å². The molecule has 2 rings (SSSR count). The van der Waals surface area contributed by atoms with E-state index < -0.39 is 17.3 Å². The van der Waals surface area contributed by atoms with Crippen LogP contribution in [0.15, 0.2) is 35.1 Å². The molecule has 0 bridgehead atoms. The quantitative estimate of drug-likeness (QED) is 0.931. The number of aromatic carboxylic acids is 1. The van der Waals surface area contributed by atoms with Crippen LogP contribution in [0, 0.1) is 5.82 Å². The minimum atomic E-state index is -1.25. The Morgan fingerprint density at radius 3 is 2.79 bits per heavy atom. The van der Waals surface area contributed by atoms with Gasteiger partial charge in [0, 0.05) is 11.1 Å². The fourth-order valence-electron chi connectivity index (χ4n) is 1.50. The predicted molar refractivity (Wildman–Crippen MR) is 66.0 cm³/mol. The van der Waals surface area contributed by atoms with Crippen LogP contribution in [0.3, 0.4) is 0 Å². The van der Waals surface area contributed by atoms with Gasteiger partial charge in [-0.25, -0.2) is 13.9 Å². The smallest absolute Gasteiger partial charge is 0.356 e. The van der Waals surface area contributed by atoms with Crippen LogP contribution in [0.1, 0.15) is 16.1 Å². The van der Waals surface area contributed by atoms with E-state index in [0.29, 0.717) is 5.56 Å². The molecule has 1 aromatic carbocycles. The lowest BCUT2D eigenvalue weighted by molar-refractivity contribution is 0.0687. The van der Waals surface area contributed by atoms with Crippen molar-refractivity contribution in [1.29, 1.82) is 0 Å². The van der Waals surface area contributed by atoms with E-state index in [2.05, 4.69) is 5.10 Å². The van der Waals surface area contributed by atoms with Gasteiger partial charge in [-0.1, -0.05) is 11.6 Å². The van der Waals surface area contributed by atoms with Crippen molar-refractivity contribution >= 4 is 17.6 Å². The molecule has 7 heteroatoms. The van der Waals surface area contributed by atoms with Crippen molar-refractivity contribution in [1.82, 2.24) is 9.78 Å². The number of aromatic nitrogens is 2. The maximum Gasteiger partial charge on any atom is 0.356 e. The van der Waals surface area contributed by atoms with Gasteiger partial charge < -0.3 is 5.11 Å². The molecule has 1 aromatic heterocycles. The standard InChI is InChI=1S/C12H8ClFN2O3/c13-9-2-1-8(14)5-7(9)6-16-11(17)4-3-10(15-16)12(18)19/h1-5H,6H2,(H,18,19). The van der Waals surface area contributed by atoms with E-state index >= 15 is 0 Å². The van der Waals surface area contributed by atoms with Gasteiger partial charge in [0.1, 0.15) is 5.82 Å². The Morgan fingerprint density at radius 2 is 2.11 bits per heavy atom. The monoisotopic (exact) mass is 282 g/mol. The maximum absolute atomic E-state index is 13.1. The molecule has 98 valence electrons. The van der Waals surface area contributed by atoms with Crippen LogP contribution in [-0.2, 0) is 6.54 Å². The van der Waals surface area contributed by atoms with Gasteiger partial charge in [0.15, 0.2) is 5.69 Å². The lowest BCUT2D eigenvalue weighted by Crippen LogP contribution is -2.25. The lowest BCUT2D eigenvalue weighted by Gasteiger charge is -2.07. The third-order valence-electron chi connectivity index (χ3n) is 2.41. The Labute approximate surface area is 111 Å². The molecular weight excluding hydrogens is 275 g/mol. The molecule has 0 aliphatic carbocycles. The largest absolute Gasteiger partial charge is 0.476 e. The summed E-state index contributed by atoms with van der Waals surface area (Å²) in [7, 11) is 0. The third kappa shape index (κ3) is 2.97. The van der Waals surface area contributed by atoms with Crippen molar-refractivity contribution in [3.8, 4) is 0 Å². The summed E-state index contributed by atoms with van der Waals surface area (Å²) in [5.74, 6) is -1.75. The van der Waals surface area contributed by atoms with E-state index in [1.54, 1.807) is 0 Å². The molecule has 1 heterocycles. The highest BCUT2D eigenvalue weighted by atomic mass is 35.5. The minimum absolute atomic E-state index is 0.101. The molecule has 1 N–H and O–H groups in total. The number of rotatable bonds is 3. The third-order valence-corrected chi connectivity index (χ3v) is 2.78. The van der Waals surface area contributed by atoms with E-state index in [0.717, 1.165) is 16.8 Å². The van der Waals surface area contributed by atoms with Gasteiger partial charge in [-0.3, -0.25) is 4.79 Å². The summed E-state index contributed by atoms with van der Waals surface area (Å²) < 4.78 is 14.0. The molecule has 0 atom stereocenters. The molecule has 0 unspecified atom stereocenters. The number of carboxylic acids is 1. The first-order chi connectivity index (χ1) is 8.97. The van der Waals surface area contributed by atoms with Crippen LogP contribution in [0.25, 0.3) is 0 Å². The molecule has 0 aliphatic rings. The van der Waals surface area contributed by atoms with Gasteiger partial charge in [-0.2, -0.15) is 5.10 Å². The maximum atomic E-state index is 13.1. The van der Waals surface area contributed by atoms with E-state index in [1.165, 1.54) is 18.2 Å². The zero-order valence-corrected chi connectivity index (χ0v) is 10.3. The predicted octanol–water partition coefficient (Wildman–Crippen LogP) is 1.78. The Bertz CT molecular complexity index is 700. The lowest BCUT2D eigenvalue weighted by atomic mass is 10.2. The number of hydrogen-bond acceptors (Lipinski definition) is 3. The zero-order chi connectivity index (χ0) is 14.0. The molecule has 0 radical (unpaired) electrons. The Hall–Kier alpha value is -2.21. The Morgan fingerprint density at radius 1 is 1.37 bits per heavy atom. The number of hydrogen-bond donors (Lipinski definition) is 1. The number of benzene rings is 1. The summed E-state index contributed by atoms with van der Waals surface area (Å²) >= 11 is 5.87. The average Bonchev–Trinajstić information content (AvgIpc) is 2.36. The molecule has 0 spiro atoms.